The van der Waals surface area contributed by atoms with Crippen molar-refractivity contribution in [3.05, 3.63) is 87.3 Å². The third-order valence-electron chi connectivity index (χ3n) is 6.41. The number of imide groups is 1. The van der Waals surface area contributed by atoms with Crippen LogP contribution in [0.4, 0.5) is 9.80 Å². The first-order valence-corrected chi connectivity index (χ1v) is 13.5. The standard InChI is InChI=1S/C29H29N3O6S.ClH/c1-29(2,3)38-27(35)23-21-13-18(15-32-25(33)19-11-7-8-12-20(19)26(32)34)30-14-22(21)39-24(23)31-28(36)37-16-17-9-5-4-6-10-17;/h4-12,18,30H,13-16H2,1-3H3,(H,31,36);1H. The van der Waals surface area contributed by atoms with E-state index in [1.54, 1.807) is 45.0 Å². The van der Waals surface area contributed by atoms with Crippen molar-refractivity contribution in [2.24, 2.45) is 0 Å². The smallest absolute Gasteiger partial charge is 0.412 e. The summed E-state index contributed by atoms with van der Waals surface area (Å²) in [5.74, 6) is -1.21. The number of ether oxygens (including phenoxy) is 2. The van der Waals surface area contributed by atoms with Crippen LogP contribution in [0.5, 0.6) is 0 Å². The van der Waals surface area contributed by atoms with Gasteiger partial charge in [0.25, 0.3) is 11.8 Å². The monoisotopic (exact) mass is 583 g/mol. The number of nitrogens with one attached hydrogen (secondary N) is 2. The summed E-state index contributed by atoms with van der Waals surface area (Å²) in [5, 5.41) is 6.44. The zero-order valence-electron chi connectivity index (χ0n) is 22.3. The number of carbonyl (C=O) groups is 4. The van der Waals surface area contributed by atoms with E-state index in [1.165, 1.54) is 16.2 Å². The fourth-order valence-corrected chi connectivity index (χ4v) is 5.82. The molecule has 1 unspecified atom stereocenters. The van der Waals surface area contributed by atoms with E-state index in [9.17, 15) is 19.2 Å². The number of esters is 1. The van der Waals surface area contributed by atoms with Gasteiger partial charge in [-0.05, 0) is 50.5 Å². The first-order valence-electron chi connectivity index (χ1n) is 12.6. The fourth-order valence-electron chi connectivity index (χ4n) is 4.67. The normalized spacial score (nSPS) is 16.1. The van der Waals surface area contributed by atoms with E-state index in [-0.39, 0.29) is 49.0 Å². The number of thiophene rings is 1. The Kier molecular flexibility index (Phi) is 8.62. The van der Waals surface area contributed by atoms with Crippen LogP contribution >= 0.6 is 23.7 Å². The molecule has 11 heteroatoms. The molecule has 2 aliphatic rings. The molecule has 0 aliphatic carbocycles. The molecule has 40 heavy (non-hydrogen) atoms. The molecule has 0 bridgehead atoms. The van der Waals surface area contributed by atoms with Gasteiger partial charge in [-0.1, -0.05) is 42.5 Å². The number of fused-ring (bicyclic) bond motifs is 2. The maximum Gasteiger partial charge on any atom is 0.412 e. The lowest BCUT2D eigenvalue weighted by atomic mass is 9.97. The topological polar surface area (TPSA) is 114 Å². The maximum absolute atomic E-state index is 13.3. The molecule has 0 fully saturated rings. The van der Waals surface area contributed by atoms with Gasteiger partial charge in [0.05, 0.1) is 16.7 Å². The van der Waals surface area contributed by atoms with Crippen LogP contribution < -0.4 is 10.6 Å². The number of nitrogens with zero attached hydrogens (tertiary/aromatic N) is 1. The zero-order valence-corrected chi connectivity index (χ0v) is 23.9. The highest BCUT2D eigenvalue weighted by molar-refractivity contribution is 7.17. The average Bonchev–Trinajstić information content (AvgIpc) is 3.37. The molecule has 1 atom stereocenters. The summed E-state index contributed by atoms with van der Waals surface area (Å²) in [6.07, 6.45) is -0.313. The second kappa shape index (κ2) is 11.8. The second-order valence-corrected chi connectivity index (χ2v) is 11.6. The molecule has 2 aliphatic heterocycles. The molecule has 2 aromatic carbocycles. The second-order valence-electron chi connectivity index (χ2n) is 10.4. The van der Waals surface area contributed by atoms with Gasteiger partial charge in [0.1, 0.15) is 17.2 Å². The summed E-state index contributed by atoms with van der Waals surface area (Å²) in [4.78, 5) is 53.9. The summed E-state index contributed by atoms with van der Waals surface area (Å²) in [6, 6.07) is 15.8. The number of halogens is 1. The first-order chi connectivity index (χ1) is 18.6. The van der Waals surface area contributed by atoms with E-state index in [1.807, 2.05) is 30.3 Å². The summed E-state index contributed by atoms with van der Waals surface area (Å²) in [7, 11) is 0. The lowest BCUT2D eigenvalue weighted by molar-refractivity contribution is 0.00691. The van der Waals surface area contributed by atoms with E-state index in [0.717, 1.165) is 16.0 Å². The SMILES string of the molecule is CC(C)(C)OC(=O)c1c(NC(=O)OCc2ccccc2)sc2c1CC(CN1C(=O)c3ccccc3C1=O)NC2.Cl. The molecular formula is C29H30ClN3O6S. The van der Waals surface area contributed by atoms with Crippen molar-refractivity contribution in [3.63, 3.8) is 0 Å². The van der Waals surface area contributed by atoms with Crippen LogP contribution in [0.15, 0.2) is 54.6 Å². The fraction of sp³-hybridized carbons (Fsp3) is 0.310. The van der Waals surface area contributed by atoms with Crippen molar-refractivity contribution in [3.8, 4) is 0 Å². The first kappa shape index (κ1) is 29.3. The van der Waals surface area contributed by atoms with Crippen molar-refractivity contribution in [2.75, 3.05) is 11.9 Å². The summed E-state index contributed by atoms with van der Waals surface area (Å²) in [6.45, 7) is 5.97. The minimum Gasteiger partial charge on any atom is -0.456 e. The van der Waals surface area contributed by atoms with Crippen LogP contribution in [-0.2, 0) is 29.0 Å². The molecule has 9 nitrogen and oxygen atoms in total. The van der Waals surface area contributed by atoms with Crippen molar-refractivity contribution < 1.29 is 28.7 Å². The minimum absolute atomic E-state index is 0. The molecule has 0 saturated carbocycles. The predicted molar refractivity (Wildman–Crippen MR) is 153 cm³/mol. The van der Waals surface area contributed by atoms with Gasteiger partial charge < -0.3 is 14.8 Å². The van der Waals surface area contributed by atoms with Gasteiger partial charge >= 0.3 is 12.1 Å². The van der Waals surface area contributed by atoms with Gasteiger partial charge in [-0.15, -0.1) is 23.7 Å². The van der Waals surface area contributed by atoms with Crippen molar-refractivity contribution in [1.82, 2.24) is 10.2 Å². The molecular weight excluding hydrogens is 554 g/mol. The van der Waals surface area contributed by atoms with Crippen molar-refractivity contribution in [2.45, 2.75) is 52.0 Å². The molecule has 3 amide bonds. The van der Waals surface area contributed by atoms with E-state index in [4.69, 9.17) is 9.47 Å². The van der Waals surface area contributed by atoms with Gasteiger partial charge in [0, 0.05) is 24.0 Å². The van der Waals surface area contributed by atoms with Crippen molar-refractivity contribution >= 4 is 52.6 Å². The van der Waals surface area contributed by atoms with E-state index >= 15 is 0 Å². The Morgan fingerprint density at radius 3 is 2.27 bits per heavy atom. The third kappa shape index (κ3) is 6.19. The summed E-state index contributed by atoms with van der Waals surface area (Å²) < 4.78 is 11.1. The number of anilines is 1. The highest BCUT2D eigenvalue weighted by atomic mass is 35.5. The summed E-state index contributed by atoms with van der Waals surface area (Å²) in [5.41, 5.74) is 1.88. The number of carbonyl (C=O) groups excluding carboxylic acids is 4. The van der Waals surface area contributed by atoms with E-state index < -0.39 is 17.7 Å². The Bertz CT molecular complexity index is 1410. The molecule has 0 saturated heterocycles. The Balaban J connectivity index is 0.00000370. The highest BCUT2D eigenvalue weighted by Crippen LogP contribution is 2.38. The third-order valence-corrected chi connectivity index (χ3v) is 7.55. The van der Waals surface area contributed by atoms with Gasteiger partial charge in [0.15, 0.2) is 0 Å². The Labute approximate surface area is 242 Å². The quantitative estimate of drug-likeness (QED) is 0.303. The molecule has 210 valence electrons. The maximum atomic E-state index is 13.3. The highest BCUT2D eigenvalue weighted by Gasteiger charge is 2.38. The molecule has 0 spiro atoms. The van der Waals surface area contributed by atoms with Crippen LogP contribution in [0.3, 0.4) is 0 Å². The molecule has 3 aromatic rings. The Hall–Kier alpha value is -3.73. The number of hydrogen-bond acceptors (Lipinski definition) is 8. The number of hydrogen-bond donors (Lipinski definition) is 2. The predicted octanol–water partition coefficient (Wildman–Crippen LogP) is 5.18. The molecule has 2 N–H and O–H groups in total. The van der Waals surface area contributed by atoms with E-state index in [2.05, 4.69) is 10.6 Å². The number of amides is 3. The van der Waals surface area contributed by atoms with Gasteiger partial charge in [-0.2, -0.15) is 0 Å². The lowest BCUT2D eigenvalue weighted by Crippen LogP contribution is -2.46. The number of rotatable bonds is 6. The Morgan fingerprint density at radius 1 is 1.02 bits per heavy atom. The van der Waals surface area contributed by atoms with Gasteiger partial charge in [-0.25, -0.2) is 9.59 Å². The van der Waals surface area contributed by atoms with Gasteiger partial charge in [-0.3, -0.25) is 19.8 Å². The van der Waals surface area contributed by atoms with Crippen LogP contribution in [0.2, 0.25) is 0 Å². The summed E-state index contributed by atoms with van der Waals surface area (Å²) >= 11 is 1.28. The molecule has 3 heterocycles. The zero-order chi connectivity index (χ0) is 27.7. The van der Waals surface area contributed by atoms with Gasteiger partial charge in [0.2, 0.25) is 0 Å². The lowest BCUT2D eigenvalue weighted by Gasteiger charge is -2.28. The molecule has 5 rings (SSSR count). The average molecular weight is 584 g/mol. The van der Waals surface area contributed by atoms with Crippen molar-refractivity contribution in [1.29, 1.82) is 0 Å². The van der Waals surface area contributed by atoms with Crippen LogP contribution in [0.1, 0.15) is 67.8 Å². The van der Waals surface area contributed by atoms with E-state index in [0.29, 0.717) is 29.1 Å². The molecule has 0 radical (unpaired) electrons. The number of benzene rings is 2. The molecule has 1 aromatic heterocycles. The van der Waals surface area contributed by atoms with Crippen LogP contribution in [-0.4, -0.2) is 47.0 Å². The minimum atomic E-state index is -0.747. The Morgan fingerprint density at radius 2 is 1.65 bits per heavy atom. The van der Waals surface area contributed by atoms with Crippen LogP contribution in [0.25, 0.3) is 0 Å². The largest absolute Gasteiger partial charge is 0.456 e. The van der Waals surface area contributed by atoms with Crippen LogP contribution in [0, 0.1) is 0 Å².